The lowest BCUT2D eigenvalue weighted by Gasteiger charge is -2.43. The molecule has 3 heterocycles. The molecule has 1 saturated carbocycles. The molecule has 2 aliphatic heterocycles. The molecule has 11 heteroatoms. The number of aryl methyl sites for hydroxylation is 1. The summed E-state index contributed by atoms with van der Waals surface area (Å²) in [6.07, 6.45) is 4.49. The Labute approximate surface area is 253 Å². The summed E-state index contributed by atoms with van der Waals surface area (Å²) in [5.41, 5.74) is 2.84. The van der Waals surface area contributed by atoms with Crippen molar-refractivity contribution >= 4 is 41.7 Å². The van der Waals surface area contributed by atoms with Gasteiger partial charge in [-0.25, -0.2) is 19.7 Å². The summed E-state index contributed by atoms with van der Waals surface area (Å²) in [6.45, 7) is 17.8. The number of carbonyl (C=O) groups is 1. The number of aromatic nitrogens is 2. The number of amides is 1. The number of aliphatic imine (C=N–C) groups is 2. The Kier molecular flexibility index (Phi) is 8.55. The van der Waals surface area contributed by atoms with Crippen LogP contribution in [0.2, 0.25) is 5.02 Å². The summed E-state index contributed by atoms with van der Waals surface area (Å²) in [5, 5.41) is 15.8. The van der Waals surface area contributed by atoms with E-state index in [2.05, 4.69) is 28.6 Å². The van der Waals surface area contributed by atoms with Gasteiger partial charge in [-0.05, 0) is 116 Å². The van der Waals surface area contributed by atoms with Gasteiger partial charge in [0, 0.05) is 5.02 Å². The quantitative estimate of drug-likeness (QED) is 0.337. The Bertz CT molecular complexity index is 1370. The van der Waals surface area contributed by atoms with Crippen LogP contribution in [0.4, 0.5) is 16.2 Å². The molecule has 1 aromatic carbocycles. The third-order valence-corrected chi connectivity index (χ3v) is 8.98. The van der Waals surface area contributed by atoms with Crippen molar-refractivity contribution in [3.05, 3.63) is 40.2 Å². The average Bonchev–Trinajstić information content (AvgIpc) is 3.62. The van der Waals surface area contributed by atoms with Crippen molar-refractivity contribution in [1.82, 2.24) is 14.7 Å². The van der Waals surface area contributed by atoms with E-state index in [1.165, 1.54) is 4.90 Å². The van der Waals surface area contributed by atoms with Crippen LogP contribution >= 0.6 is 11.6 Å². The lowest BCUT2D eigenvalue weighted by atomic mass is 9.85. The SMILES string of the molecule is C=NC(=Nc1cc(C2CCN(C3(C)COC[C@H]3O)CC2)c(Cl)cc1C)N(C(=O)OC(C)(C)C)c1cnn(C2CC2)c1C. The lowest BCUT2D eigenvalue weighted by Crippen LogP contribution is -2.56. The molecule has 0 radical (unpaired) electrons. The van der Waals surface area contributed by atoms with Crippen LogP contribution in [0.25, 0.3) is 0 Å². The minimum atomic E-state index is -0.724. The summed E-state index contributed by atoms with van der Waals surface area (Å²) < 4.78 is 13.3. The van der Waals surface area contributed by atoms with Crippen LogP contribution in [0.1, 0.15) is 82.2 Å². The topological polar surface area (TPSA) is 105 Å². The predicted molar refractivity (Wildman–Crippen MR) is 166 cm³/mol. The third kappa shape index (κ3) is 6.13. The van der Waals surface area contributed by atoms with Gasteiger partial charge in [0.05, 0.1) is 54.2 Å². The number of likely N-dealkylation sites (tertiary alicyclic amines) is 1. The van der Waals surface area contributed by atoms with Crippen LogP contribution < -0.4 is 4.90 Å². The number of rotatable bonds is 5. The molecule has 1 aliphatic carbocycles. The standard InChI is InChI=1S/C31H43ClN6O4/c1-19-14-24(32)23(21-10-12-36(13-11-21)31(6)18-41-17-27(31)39)15-25(19)35-28(33-7)37(29(40)42-30(3,4)5)26-16-34-38(20(26)2)22-8-9-22/h14-16,21-22,27,39H,7-13,17-18H2,1-6H3/t27-,31?/m1/s1. The second-order valence-electron chi connectivity index (χ2n) is 13.0. The Morgan fingerprint density at radius 2 is 1.93 bits per heavy atom. The molecule has 1 N–H and O–H groups in total. The van der Waals surface area contributed by atoms with E-state index >= 15 is 0 Å². The highest BCUT2D eigenvalue weighted by Crippen LogP contribution is 2.40. The van der Waals surface area contributed by atoms with Crippen molar-refractivity contribution in [2.45, 2.75) is 96.4 Å². The first-order chi connectivity index (χ1) is 19.8. The minimum absolute atomic E-state index is 0.108. The first-order valence-corrected chi connectivity index (χ1v) is 15.1. The second-order valence-corrected chi connectivity index (χ2v) is 13.4. The smallest absolute Gasteiger partial charge is 0.422 e. The van der Waals surface area contributed by atoms with Gasteiger partial charge in [-0.15, -0.1) is 0 Å². The van der Waals surface area contributed by atoms with Gasteiger partial charge in [0.15, 0.2) is 0 Å². The number of aliphatic hydroxyl groups excluding tert-OH is 1. The summed E-state index contributed by atoms with van der Waals surface area (Å²) in [4.78, 5) is 26.4. The van der Waals surface area contributed by atoms with Crippen molar-refractivity contribution in [2.75, 3.05) is 31.2 Å². The second kappa shape index (κ2) is 11.7. The molecule has 0 bridgehead atoms. The monoisotopic (exact) mass is 598 g/mol. The van der Waals surface area contributed by atoms with E-state index in [0.717, 1.165) is 55.6 Å². The van der Waals surface area contributed by atoms with Crippen LogP contribution in [0.15, 0.2) is 28.3 Å². The Balaban J connectivity index is 1.46. The zero-order valence-corrected chi connectivity index (χ0v) is 26.3. The van der Waals surface area contributed by atoms with Gasteiger partial charge in [0.1, 0.15) is 5.60 Å². The largest absolute Gasteiger partial charge is 0.443 e. The average molecular weight is 599 g/mol. The van der Waals surface area contributed by atoms with E-state index < -0.39 is 17.8 Å². The highest BCUT2D eigenvalue weighted by atomic mass is 35.5. The van der Waals surface area contributed by atoms with E-state index in [4.69, 9.17) is 26.1 Å². The molecule has 3 aliphatic rings. The van der Waals surface area contributed by atoms with Gasteiger partial charge in [-0.1, -0.05) is 11.6 Å². The molecule has 42 heavy (non-hydrogen) atoms. The number of halogens is 1. The molecule has 1 aromatic heterocycles. The number of nitrogens with zero attached hydrogens (tertiary/aromatic N) is 6. The number of guanidine groups is 1. The summed E-state index contributed by atoms with van der Waals surface area (Å²) in [6, 6.07) is 4.27. The molecule has 1 amide bonds. The fraction of sp³-hybridized carbons (Fsp3) is 0.613. The molecule has 2 aromatic rings. The van der Waals surface area contributed by atoms with Crippen molar-refractivity contribution in [3.63, 3.8) is 0 Å². The Morgan fingerprint density at radius 3 is 2.50 bits per heavy atom. The van der Waals surface area contributed by atoms with E-state index in [9.17, 15) is 9.90 Å². The fourth-order valence-corrected chi connectivity index (χ4v) is 6.32. The van der Waals surface area contributed by atoms with E-state index in [0.29, 0.717) is 35.7 Å². The molecule has 2 atom stereocenters. The van der Waals surface area contributed by atoms with Gasteiger partial charge < -0.3 is 14.6 Å². The zero-order valence-electron chi connectivity index (χ0n) is 25.6. The molecular weight excluding hydrogens is 556 g/mol. The van der Waals surface area contributed by atoms with Crippen LogP contribution in [0.3, 0.4) is 0 Å². The Morgan fingerprint density at radius 1 is 1.24 bits per heavy atom. The maximum absolute atomic E-state index is 13.6. The highest BCUT2D eigenvalue weighted by molar-refractivity contribution is 6.31. The van der Waals surface area contributed by atoms with E-state index in [1.54, 1.807) is 6.20 Å². The molecule has 1 unspecified atom stereocenters. The van der Waals surface area contributed by atoms with Crippen LogP contribution in [0, 0.1) is 13.8 Å². The number of hydrogen-bond donors (Lipinski definition) is 1. The van der Waals surface area contributed by atoms with Crippen molar-refractivity contribution in [3.8, 4) is 0 Å². The molecule has 0 spiro atoms. The first kappa shape index (κ1) is 30.7. The number of hydrogen-bond acceptors (Lipinski definition) is 7. The summed E-state index contributed by atoms with van der Waals surface area (Å²) in [5.74, 6) is 0.338. The van der Waals surface area contributed by atoms with Crippen LogP contribution in [-0.2, 0) is 9.47 Å². The predicted octanol–water partition coefficient (Wildman–Crippen LogP) is 5.95. The van der Waals surface area contributed by atoms with Gasteiger partial charge in [-0.3, -0.25) is 9.58 Å². The normalized spacial score (nSPS) is 24.2. The van der Waals surface area contributed by atoms with Crippen LogP contribution in [0.5, 0.6) is 0 Å². The number of piperidine rings is 1. The van der Waals surface area contributed by atoms with Crippen molar-refractivity contribution in [2.24, 2.45) is 9.98 Å². The first-order valence-electron chi connectivity index (χ1n) is 14.8. The maximum Gasteiger partial charge on any atom is 0.422 e. The molecule has 3 fully saturated rings. The maximum atomic E-state index is 13.6. The van der Waals surface area contributed by atoms with Gasteiger partial charge in [0.25, 0.3) is 0 Å². The number of anilines is 1. The van der Waals surface area contributed by atoms with Gasteiger partial charge >= 0.3 is 6.09 Å². The summed E-state index contributed by atoms with van der Waals surface area (Å²) >= 11 is 6.81. The lowest BCUT2D eigenvalue weighted by molar-refractivity contribution is -0.00211. The van der Waals surface area contributed by atoms with Crippen LogP contribution in [-0.4, -0.2) is 82.1 Å². The van der Waals surface area contributed by atoms with Crippen molar-refractivity contribution < 1.29 is 19.4 Å². The number of benzene rings is 1. The van der Waals surface area contributed by atoms with Crippen molar-refractivity contribution in [1.29, 1.82) is 0 Å². The minimum Gasteiger partial charge on any atom is -0.443 e. The molecule has 2 saturated heterocycles. The summed E-state index contributed by atoms with van der Waals surface area (Å²) in [7, 11) is 0. The molecule has 5 rings (SSSR count). The van der Waals surface area contributed by atoms with Gasteiger partial charge in [0.2, 0.25) is 5.96 Å². The molecular formula is C31H43ClN6O4. The van der Waals surface area contributed by atoms with E-state index in [-0.39, 0.29) is 17.4 Å². The zero-order chi connectivity index (χ0) is 30.4. The van der Waals surface area contributed by atoms with Gasteiger partial charge in [-0.2, -0.15) is 5.10 Å². The Hall–Kier alpha value is -2.79. The third-order valence-electron chi connectivity index (χ3n) is 8.65. The van der Waals surface area contributed by atoms with E-state index in [1.807, 2.05) is 51.4 Å². The molecule has 10 nitrogen and oxygen atoms in total. The highest BCUT2D eigenvalue weighted by Gasteiger charge is 2.45. The number of carbonyl (C=O) groups excluding carboxylic acids is 1. The fourth-order valence-electron chi connectivity index (χ4n) is 5.95. The number of ether oxygens (including phenoxy) is 2. The molecule has 228 valence electrons. The number of aliphatic hydroxyl groups is 1.